The van der Waals surface area contributed by atoms with E-state index < -0.39 is 5.97 Å². The van der Waals surface area contributed by atoms with E-state index in [0.29, 0.717) is 17.9 Å². The summed E-state index contributed by atoms with van der Waals surface area (Å²) < 4.78 is 11.1. The lowest BCUT2D eigenvalue weighted by Crippen LogP contribution is -2.12. The number of hydrogen-bond donors (Lipinski definition) is 1. The Balaban J connectivity index is 0.000000373. The molecule has 0 spiro atoms. The SMILES string of the molecule is CCCCC/C=C\C/C=C\CCCCCCCC(=O)Oc1ccc(C(=O)O)cc1.CCCCCC[C@H](C)Oc1ccc(-c2ccccc2)cc1[N+](=O)[O-]. The van der Waals surface area contributed by atoms with Crippen molar-refractivity contribution in [1.29, 1.82) is 0 Å². The molecule has 3 rings (SSSR count). The van der Waals surface area contributed by atoms with E-state index in [-0.39, 0.29) is 28.2 Å². The molecule has 0 bridgehead atoms. The first-order valence-corrected chi connectivity index (χ1v) is 19.6. The van der Waals surface area contributed by atoms with Gasteiger partial charge in [-0.1, -0.05) is 126 Å². The smallest absolute Gasteiger partial charge is 0.335 e. The fourth-order valence-corrected chi connectivity index (χ4v) is 5.63. The van der Waals surface area contributed by atoms with Crippen LogP contribution in [-0.4, -0.2) is 28.1 Å². The summed E-state index contributed by atoms with van der Waals surface area (Å²) in [7, 11) is 0. The van der Waals surface area contributed by atoms with Gasteiger partial charge in [0.2, 0.25) is 0 Å². The Kier molecular flexibility index (Phi) is 23.4. The number of nitro benzene ring substituents is 1. The highest BCUT2D eigenvalue weighted by molar-refractivity contribution is 5.87. The van der Waals surface area contributed by atoms with E-state index in [1.54, 1.807) is 12.1 Å². The van der Waals surface area contributed by atoms with E-state index in [4.69, 9.17) is 14.6 Å². The number of nitrogens with zero attached hydrogens (tertiary/aromatic N) is 1. The number of carboxylic acid groups (broad SMARTS) is 1. The van der Waals surface area contributed by atoms with Gasteiger partial charge in [-0.15, -0.1) is 0 Å². The first-order valence-electron chi connectivity index (χ1n) is 19.6. The number of carboxylic acids is 1. The van der Waals surface area contributed by atoms with Crippen molar-refractivity contribution in [2.75, 3.05) is 0 Å². The summed E-state index contributed by atoms with van der Waals surface area (Å²) in [5, 5.41) is 20.3. The van der Waals surface area contributed by atoms with Crippen LogP contribution in [0.2, 0.25) is 0 Å². The second-order valence-electron chi connectivity index (χ2n) is 13.4. The number of unbranched alkanes of at least 4 members (excludes halogenated alkanes) is 11. The van der Waals surface area contributed by atoms with Crippen LogP contribution in [0.15, 0.2) is 97.1 Å². The van der Waals surface area contributed by atoms with Gasteiger partial charge in [0.25, 0.3) is 0 Å². The molecule has 0 fully saturated rings. The number of esters is 1. The van der Waals surface area contributed by atoms with E-state index in [9.17, 15) is 19.7 Å². The predicted octanol–water partition coefficient (Wildman–Crippen LogP) is 13.1. The number of benzene rings is 3. The first-order chi connectivity index (χ1) is 25.7. The summed E-state index contributed by atoms with van der Waals surface area (Å²) in [5.74, 6) is -0.517. The van der Waals surface area contributed by atoms with E-state index in [0.717, 1.165) is 56.1 Å². The number of carbonyl (C=O) groups excluding carboxylic acids is 1. The van der Waals surface area contributed by atoms with E-state index in [2.05, 4.69) is 38.2 Å². The molecule has 8 nitrogen and oxygen atoms in total. The van der Waals surface area contributed by atoms with E-state index in [1.165, 1.54) is 82.1 Å². The van der Waals surface area contributed by atoms with Crippen molar-refractivity contribution < 1.29 is 29.1 Å². The summed E-state index contributed by atoms with van der Waals surface area (Å²) >= 11 is 0. The molecule has 0 aliphatic carbocycles. The highest BCUT2D eigenvalue weighted by Crippen LogP contribution is 2.33. The zero-order valence-corrected chi connectivity index (χ0v) is 32.2. The van der Waals surface area contributed by atoms with Crippen LogP contribution in [0.4, 0.5) is 5.69 Å². The number of rotatable bonds is 25. The van der Waals surface area contributed by atoms with Crippen LogP contribution in [-0.2, 0) is 4.79 Å². The Morgan fingerprint density at radius 2 is 1.34 bits per heavy atom. The van der Waals surface area contributed by atoms with Gasteiger partial charge in [0, 0.05) is 12.5 Å². The summed E-state index contributed by atoms with van der Waals surface area (Å²) in [6.07, 6.45) is 27.6. The molecule has 0 amide bonds. The fourth-order valence-electron chi connectivity index (χ4n) is 5.63. The minimum absolute atomic E-state index is 0.0248. The molecular formula is C45H61NO7. The van der Waals surface area contributed by atoms with Crippen molar-refractivity contribution in [3.63, 3.8) is 0 Å². The monoisotopic (exact) mass is 727 g/mol. The first kappa shape index (κ1) is 44.4. The molecule has 1 N–H and O–H groups in total. The minimum atomic E-state index is -0.993. The Labute approximate surface area is 317 Å². The molecule has 0 aliphatic heterocycles. The van der Waals surface area contributed by atoms with Gasteiger partial charge in [0.1, 0.15) is 5.75 Å². The minimum Gasteiger partial charge on any atom is -0.484 e. The molecule has 0 saturated heterocycles. The van der Waals surface area contributed by atoms with Crippen LogP contribution in [0.3, 0.4) is 0 Å². The average Bonchev–Trinajstić information content (AvgIpc) is 3.16. The van der Waals surface area contributed by atoms with Crippen LogP contribution in [0.1, 0.15) is 140 Å². The van der Waals surface area contributed by atoms with Crippen molar-refractivity contribution >= 4 is 17.6 Å². The summed E-state index contributed by atoms with van der Waals surface area (Å²) in [4.78, 5) is 33.6. The molecular weight excluding hydrogens is 666 g/mol. The van der Waals surface area contributed by atoms with Crippen molar-refractivity contribution in [2.45, 2.75) is 136 Å². The topological polar surface area (TPSA) is 116 Å². The Bertz CT molecular complexity index is 1520. The van der Waals surface area contributed by atoms with Gasteiger partial charge in [0.15, 0.2) is 5.75 Å². The maximum Gasteiger partial charge on any atom is 0.335 e. The average molecular weight is 728 g/mol. The second kappa shape index (κ2) is 27.9. The largest absolute Gasteiger partial charge is 0.484 e. The molecule has 0 heterocycles. The standard InChI is InChI=1S/C25H36O4.C20H25NO3/c1-2-3-4-5-6-7-8-9-10-11-12-13-14-15-16-17-24(26)29-23-20-18-22(19-21-23)25(27)28;1-3-4-5-7-10-16(2)24-20-14-13-18(15-19(20)21(22)23)17-11-8-6-9-12-17/h6-7,9-10,18-21H,2-5,8,11-17H2,1H3,(H,27,28);6,8-9,11-16H,3-5,7,10H2,1-2H3/b7-6-,10-9-;/t;16-/m.0/s1. The number of aromatic carboxylic acids is 1. The Hall–Kier alpha value is -4.72. The highest BCUT2D eigenvalue weighted by Gasteiger charge is 2.18. The molecule has 0 aromatic heterocycles. The number of allylic oxidation sites excluding steroid dienone is 4. The van der Waals surface area contributed by atoms with Crippen LogP contribution >= 0.6 is 0 Å². The van der Waals surface area contributed by atoms with Gasteiger partial charge < -0.3 is 14.6 Å². The third-order valence-corrected chi connectivity index (χ3v) is 8.72. The van der Waals surface area contributed by atoms with Crippen LogP contribution in [0, 0.1) is 10.1 Å². The number of ether oxygens (including phenoxy) is 2. The molecule has 0 unspecified atom stereocenters. The Morgan fingerprint density at radius 1 is 0.736 bits per heavy atom. The highest BCUT2D eigenvalue weighted by atomic mass is 16.6. The van der Waals surface area contributed by atoms with Gasteiger partial charge in [0.05, 0.1) is 16.6 Å². The van der Waals surface area contributed by atoms with Crippen molar-refractivity contribution in [1.82, 2.24) is 0 Å². The molecule has 0 radical (unpaired) electrons. The molecule has 3 aromatic carbocycles. The number of hydrogen-bond acceptors (Lipinski definition) is 6. The zero-order valence-electron chi connectivity index (χ0n) is 32.2. The lowest BCUT2D eigenvalue weighted by molar-refractivity contribution is -0.386. The lowest BCUT2D eigenvalue weighted by Gasteiger charge is -2.15. The molecule has 53 heavy (non-hydrogen) atoms. The van der Waals surface area contributed by atoms with Gasteiger partial charge in [-0.2, -0.15) is 0 Å². The van der Waals surface area contributed by atoms with Crippen LogP contribution in [0.25, 0.3) is 11.1 Å². The second-order valence-corrected chi connectivity index (χ2v) is 13.4. The zero-order chi connectivity index (χ0) is 38.5. The van der Waals surface area contributed by atoms with Crippen LogP contribution in [0.5, 0.6) is 11.5 Å². The van der Waals surface area contributed by atoms with Crippen LogP contribution < -0.4 is 9.47 Å². The van der Waals surface area contributed by atoms with E-state index in [1.807, 2.05) is 43.3 Å². The maximum absolute atomic E-state index is 11.8. The van der Waals surface area contributed by atoms with Gasteiger partial charge in [-0.05, 0) is 99.7 Å². The number of nitro groups is 1. The van der Waals surface area contributed by atoms with Crippen molar-refractivity contribution in [3.8, 4) is 22.6 Å². The third kappa shape index (κ3) is 20.2. The maximum atomic E-state index is 11.8. The molecule has 288 valence electrons. The van der Waals surface area contributed by atoms with Crippen molar-refractivity contribution in [2.24, 2.45) is 0 Å². The van der Waals surface area contributed by atoms with E-state index >= 15 is 0 Å². The quantitative estimate of drug-likeness (QED) is 0.0231. The lowest BCUT2D eigenvalue weighted by atomic mass is 10.0. The summed E-state index contributed by atoms with van der Waals surface area (Å²) in [6, 6.07) is 20.7. The molecule has 8 heteroatoms. The molecule has 0 aliphatic rings. The Morgan fingerprint density at radius 3 is 1.98 bits per heavy atom. The predicted molar refractivity (Wildman–Crippen MR) is 216 cm³/mol. The van der Waals surface area contributed by atoms with Gasteiger partial charge >= 0.3 is 17.6 Å². The summed E-state index contributed by atoms with van der Waals surface area (Å²) in [5.41, 5.74) is 1.99. The van der Waals surface area contributed by atoms with Crippen molar-refractivity contribution in [3.05, 3.63) is 113 Å². The number of carbonyl (C=O) groups is 2. The molecule has 3 aromatic rings. The molecule has 1 atom stereocenters. The molecule has 0 saturated carbocycles. The van der Waals surface area contributed by atoms with Gasteiger partial charge in [-0.25, -0.2) is 4.79 Å². The summed E-state index contributed by atoms with van der Waals surface area (Å²) in [6.45, 7) is 6.38. The normalized spacial score (nSPS) is 11.6. The van der Waals surface area contributed by atoms with Gasteiger partial charge in [-0.3, -0.25) is 14.9 Å². The fraction of sp³-hybridized carbons (Fsp3) is 0.467. The third-order valence-electron chi connectivity index (χ3n) is 8.72.